The summed E-state index contributed by atoms with van der Waals surface area (Å²) in [7, 11) is 0. The first kappa shape index (κ1) is 16.5. The van der Waals surface area contributed by atoms with E-state index in [1.165, 1.54) is 37.7 Å². The van der Waals surface area contributed by atoms with Crippen molar-refractivity contribution in [2.24, 2.45) is 4.99 Å². The van der Waals surface area contributed by atoms with Gasteiger partial charge in [0.05, 0.1) is 13.2 Å². The number of phenolic OH excluding ortho intramolecular Hbond substituents is 1. The summed E-state index contributed by atoms with van der Waals surface area (Å²) in [5.74, 6) is 0.371. The SMILES string of the molecule is Cc1cc(CN2CCOCC2)cc(/C=N/C2CCCCC2)c1O. The van der Waals surface area contributed by atoms with E-state index in [0.717, 1.165) is 44.0 Å². The molecular weight excluding hydrogens is 288 g/mol. The van der Waals surface area contributed by atoms with Crippen LogP contribution in [0.3, 0.4) is 0 Å². The molecule has 1 saturated carbocycles. The van der Waals surface area contributed by atoms with Crippen LogP contribution in [0.25, 0.3) is 0 Å². The van der Waals surface area contributed by atoms with Crippen molar-refractivity contribution in [1.82, 2.24) is 4.90 Å². The van der Waals surface area contributed by atoms with Crippen molar-refractivity contribution < 1.29 is 9.84 Å². The number of hydrogen-bond donors (Lipinski definition) is 1. The highest BCUT2D eigenvalue weighted by atomic mass is 16.5. The van der Waals surface area contributed by atoms with Crippen molar-refractivity contribution in [3.63, 3.8) is 0 Å². The van der Waals surface area contributed by atoms with Crippen LogP contribution in [0, 0.1) is 6.92 Å². The van der Waals surface area contributed by atoms with E-state index < -0.39 is 0 Å². The summed E-state index contributed by atoms with van der Waals surface area (Å²) in [5, 5.41) is 10.3. The van der Waals surface area contributed by atoms with E-state index in [4.69, 9.17) is 9.73 Å². The van der Waals surface area contributed by atoms with Gasteiger partial charge in [0, 0.05) is 37.5 Å². The highest BCUT2D eigenvalue weighted by molar-refractivity contribution is 5.84. The fraction of sp³-hybridized carbons (Fsp3) is 0.632. The van der Waals surface area contributed by atoms with Gasteiger partial charge in [-0.1, -0.05) is 25.3 Å². The molecule has 23 heavy (non-hydrogen) atoms. The third kappa shape index (κ3) is 4.55. The second-order valence-corrected chi connectivity index (χ2v) is 6.81. The summed E-state index contributed by atoms with van der Waals surface area (Å²) in [6.45, 7) is 6.46. The first-order valence-electron chi connectivity index (χ1n) is 8.88. The van der Waals surface area contributed by atoms with E-state index in [2.05, 4.69) is 17.0 Å². The standard InChI is InChI=1S/C19H28N2O2/c1-15-11-16(14-21-7-9-23-10-8-21)12-17(19(15)22)13-20-18-5-3-2-4-6-18/h11-13,18,22H,2-10,14H2,1H3/b20-13+. The number of benzene rings is 1. The Morgan fingerprint density at radius 3 is 2.70 bits per heavy atom. The van der Waals surface area contributed by atoms with Gasteiger partial charge in [-0.25, -0.2) is 0 Å². The third-order valence-electron chi connectivity index (χ3n) is 4.90. The summed E-state index contributed by atoms with van der Waals surface area (Å²) >= 11 is 0. The van der Waals surface area contributed by atoms with Crippen LogP contribution in [0.1, 0.15) is 48.8 Å². The van der Waals surface area contributed by atoms with Gasteiger partial charge in [0.1, 0.15) is 5.75 Å². The maximum atomic E-state index is 10.3. The fourth-order valence-electron chi connectivity index (χ4n) is 3.51. The van der Waals surface area contributed by atoms with E-state index in [0.29, 0.717) is 11.8 Å². The number of aryl methyl sites for hydroxylation is 1. The first-order valence-corrected chi connectivity index (χ1v) is 8.88. The molecular formula is C19H28N2O2. The second-order valence-electron chi connectivity index (χ2n) is 6.81. The van der Waals surface area contributed by atoms with Crippen molar-refractivity contribution in [1.29, 1.82) is 0 Å². The smallest absolute Gasteiger partial charge is 0.127 e. The summed E-state index contributed by atoms with van der Waals surface area (Å²) in [6.07, 6.45) is 8.16. The minimum atomic E-state index is 0.371. The van der Waals surface area contributed by atoms with Gasteiger partial charge in [0.15, 0.2) is 0 Å². The van der Waals surface area contributed by atoms with Gasteiger partial charge in [-0.2, -0.15) is 0 Å². The largest absolute Gasteiger partial charge is 0.507 e. The normalized spacial score (nSPS) is 21.1. The van der Waals surface area contributed by atoms with Crippen molar-refractivity contribution in [2.75, 3.05) is 26.3 Å². The number of aliphatic imine (C=N–C) groups is 1. The van der Waals surface area contributed by atoms with E-state index in [-0.39, 0.29) is 0 Å². The Labute approximate surface area is 139 Å². The molecule has 0 spiro atoms. The van der Waals surface area contributed by atoms with Gasteiger partial charge in [0.2, 0.25) is 0 Å². The minimum absolute atomic E-state index is 0.371. The van der Waals surface area contributed by atoms with E-state index in [1.54, 1.807) is 0 Å². The predicted octanol–water partition coefficient (Wildman–Crippen LogP) is 3.28. The Hall–Kier alpha value is -1.39. The highest BCUT2D eigenvalue weighted by Gasteiger charge is 2.14. The average molecular weight is 316 g/mol. The van der Waals surface area contributed by atoms with Gasteiger partial charge in [0.25, 0.3) is 0 Å². The van der Waals surface area contributed by atoms with Gasteiger partial charge in [-0.15, -0.1) is 0 Å². The highest BCUT2D eigenvalue weighted by Crippen LogP contribution is 2.25. The molecule has 0 radical (unpaired) electrons. The minimum Gasteiger partial charge on any atom is -0.507 e. The molecule has 3 rings (SSSR count). The van der Waals surface area contributed by atoms with Crippen LogP contribution in [0.2, 0.25) is 0 Å². The number of hydrogen-bond acceptors (Lipinski definition) is 4. The Kier molecular flexibility index (Phi) is 5.68. The molecule has 1 aliphatic carbocycles. The summed E-state index contributed by atoms with van der Waals surface area (Å²) in [4.78, 5) is 7.12. The monoisotopic (exact) mass is 316 g/mol. The molecule has 0 bridgehead atoms. The quantitative estimate of drug-likeness (QED) is 0.867. The molecule has 0 atom stereocenters. The lowest BCUT2D eigenvalue weighted by molar-refractivity contribution is 0.0342. The Morgan fingerprint density at radius 1 is 1.22 bits per heavy atom. The number of nitrogens with zero attached hydrogens (tertiary/aromatic N) is 2. The maximum Gasteiger partial charge on any atom is 0.127 e. The fourth-order valence-corrected chi connectivity index (χ4v) is 3.51. The van der Waals surface area contributed by atoms with Gasteiger partial charge in [-0.3, -0.25) is 9.89 Å². The molecule has 0 amide bonds. The molecule has 1 aromatic carbocycles. The average Bonchev–Trinajstić information content (AvgIpc) is 2.58. The zero-order chi connectivity index (χ0) is 16.1. The summed E-state index contributed by atoms with van der Waals surface area (Å²) < 4.78 is 5.41. The molecule has 126 valence electrons. The van der Waals surface area contributed by atoms with Crippen molar-refractivity contribution in [2.45, 2.75) is 51.6 Å². The molecule has 1 aliphatic heterocycles. The van der Waals surface area contributed by atoms with Crippen molar-refractivity contribution in [3.05, 3.63) is 28.8 Å². The van der Waals surface area contributed by atoms with Crippen LogP contribution in [-0.4, -0.2) is 48.6 Å². The Balaban J connectivity index is 1.71. The third-order valence-corrected chi connectivity index (χ3v) is 4.90. The number of aromatic hydroxyl groups is 1. The second kappa shape index (κ2) is 7.93. The molecule has 1 saturated heterocycles. The Bertz CT molecular complexity index is 545. The van der Waals surface area contributed by atoms with E-state index >= 15 is 0 Å². The van der Waals surface area contributed by atoms with Gasteiger partial charge >= 0.3 is 0 Å². The van der Waals surface area contributed by atoms with E-state index in [1.807, 2.05) is 13.1 Å². The molecule has 1 heterocycles. The molecule has 4 heteroatoms. The maximum absolute atomic E-state index is 10.3. The lowest BCUT2D eigenvalue weighted by atomic mass is 9.96. The van der Waals surface area contributed by atoms with E-state index in [9.17, 15) is 5.11 Å². The summed E-state index contributed by atoms with van der Waals surface area (Å²) in [6, 6.07) is 4.61. The molecule has 1 aromatic rings. The van der Waals surface area contributed by atoms with Gasteiger partial charge < -0.3 is 9.84 Å². The lowest BCUT2D eigenvalue weighted by Crippen LogP contribution is -2.35. The van der Waals surface area contributed by atoms with Gasteiger partial charge in [-0.05, 0) is 37.0 Å². The molecule has 2 aliphatic rings. The van der Waals surface area contributed by atoms with Crippen LogP contribution in [0.5, 0.6) is 5.75 Å². The van der Waals surface area contributed by atoms with Crippen LogP contribution >= 0.6 is 0 Å². The summed E-state index contributed by atoms with van der Waals surface area (Å²) in [5.41, 5.74) is 3.03. The first-order chi connectivity index (χ1) is 11.2. The molecule has 4 nitrogen and oxygen atoms in total. The lowest BCUT2D eigenvalue weighted by Gasteiger charge is -2.27. The zero-order valence-corrected chi connectivity index (χ0v) is 14.1. The number of rotatable bonds is 4. The van der Waals surface area contributed by atoms with Crippen LogP contribution in [0.15, 0.2) is 17.1 Å². The van der Waals surface area contributed by atoms with Crippen LogP contribution in [0.4, 0.5) is 0 Å². The number of ether oxygens (including phenoxy) is 1. The van der Waals surface area contributed by atoms with Crippen LogP contribution < -0.4 is 0 Å². The molecule has 0 unspecified atom stereocenters. The topological polar surface area (TPSA) is 45.1 Å². The zero-order valence-electron chi connectivity index (χ0n) is 14.1. The predicted molar refractivity (Wildman–Crippen MR) is 93.4 cm³/mol. The van der Waals surface area contributed by atoms with Crippen molar-refractivity contribution in [3.8, 4) is 5.75 Å². The molecule has 0 aromatic heterocycles. The number of morpholine rings is 1. The molecule has 1 N–H and O–H groups in total. The van der Waals surface area contributed by atoms with Crippen molar-refractivity contribution >= 4 is 6.21 Å². The number of phenols is 1. The molecule has 2 fully saturated rings. The van der Waals surface area contributed by atoms with Crippen LogP contribution in [-0.2, 0) is 11.3 Å². The Morgan fingerprint density at radius 2 is 1.96 bits per heavy atom.